The van der Waals surface area contributed by atoms with E-state index in [9.17, 15) is 18.0 Å². The van der Waals surface area contributed by atoms with E-state index < -0.39 is 23.3 Å². The van der Waals surface area contributed by atoms with Crippen molar-refractivity contribution in [2.45, 2.75) is 24.8 Å². The first kappa shape index (κ1) is 19.6. The summed E-state index contributed by atoms with van der Waals surface area (Å²) >= 11 is 7.02. The number of amides is 1. The van der Waals surface area contributed by atoms with Crippen LogP contribution < -0.4 is 5.32 Å². The van der Waals surface area contributed by atoms with Gasteiger partial charge in [0.05, 0.1) is 33.1 Å². The number of nitrogens with zero attached hydrogens (tertiary/aromatic N) is 2. The van der Waals surface area contributed by atoms with Crippen molar-refractivity contribution in [2.75, 3.05) is 11.1 Å². The molecule has 3 aromatic rings. The van der Waals surface area contributed by atoms with Gasteiger partial charge in [-0.1, -0.05) is 41.6 Å². The molecule has 4 nitrogen and oxygen atoms in total. The second-order valence-electron chi connectivity index (χ2n) is 5.62. The molecule has 0 saturated heterocycles. The van der Waals surface area contributed by atoms with Crippen LogP contribution in [0.25, 0.3) is 11.0 Å². The number of alkyl halides is 3. The van der Waals surface area contributed by atoms with Gasteiger partial charge in [-0.25, -0.2) is 4.98 Å². The Hall–Kier alpha value is -2.19. The van der Waals surface area contributed by atoms with Crippen LogP contribution in [0.15, 0.2) is 47.6 Å². The maximum atomic E-state index is 13.1. The summed E-state index contributed by atoms with van der Waals surface area (Å²) in [6.45, 7) is 2.62. The van der Waals surface area contributed by atoms with Crippen LogP contribution in [-0.4, -0.2) is 21.2 Å². The Bertz CT molecular complexity index is 988. The van der Waals surface area contributed by atoms with E-state index >= 15 is 0 Å². The van der Waals surface area contributed by atoms with Crippen LogP contribution in [0, 0.1) is 0 Å². The van der Waals surface area contributed by atoms with Gasteiger partial charge in [-0.15, -0.1) is 0 Å². The van der Waals surface area contributed by atoms with Gasteiger partial charge >= 0.3 is 6.18 Å². The molecule has 9 heteroatoms. The van der Waals surface area contributed by atoms with Crippen LogP contribution in [0.4, 0.5) is 18.9 Å². The summed E-state index contributed by atoms with van der Waals surface area (Å²) in [7, 11) is 0. The molecule has 0 fully saturated rings. The van der Waals surface area contributed by atoms with E-state index in [1.807, 2.05) is 35.8 Å². The molecule has 0 unspecified atom stereocenters. The predicted molar refractivity (Wildman–Crippen MR) is 101 cm³/mol. The number of carbonyl (C=O) groups is 1. The van der Waals surface area contributed by atoms with E-state index in [1.54, 1.807) is 0 Å². The minimum absolute atomic E-state index is 0.0914. The Morgan fingerprint density at radius 3 is 2.67 bits per heavy atom. The zero-order chi connectivity index (χ0) is 19.6. The number of carbonyl (C=O) groups excluding carboxylic acids is 1. The first-order chi connectivity index (χ1) is 12.8. The molecule has 3 rings (SSSR count). The van der Waals surface area contributed by atoms with Gasteiger partial charge in [-0.3, -0.25) is 4.79 Å². The molecular weight excluding hydrogens is 399 g/mol. The van der Waals surface area contributed by atoms with Crippen LogP contribution in [0.3, 0.4) is 0 Å². The highest BCUT2D eigenvalue weighted by Crippen LogP contribution is 2.38. The normalized spacial score (nSPS) is 11.7. The van der Waals surface area contributed by atoms with Crippen LogP contribution >= 0.6 is 23.4 Å². The second-order valence-corrected chi connectivity index (χ2v) is 6.97. The number of benzene rings is 2. The number of nitrogens with one attached hydrogen (secondary N) is 1. The second kappa shape index (κ2) is 7.82. The van der Waals surface area contributed by atoms with E-state index in [2.05, 4.69) is 10.3 Å². The van der Waals surface area contributed by atoms with Gasteiger partial charge in [-0.2, -0.15) is 13.2 Å². The molecule has 1 heterocycles. The van der Waals surface area contributed by atoms with Gasteiger partial charge < -0.3 is 9.88 Å². The molecule has 0 spiro atoms. The summed E-state index contributed by atoms with van der Waals surface area (Å²) < 4.78 is 41.3. The third-order valence-corrected chi connectivity index (χ3v) is 5.14. The lowest BCUT2D eigenvalue weighted by Crippen LogP contribution is -2.18. The summed E-state index contributed by atoms with van der Waals surface area (Å²) in [4.78, 5) is 16.7. The molecule has 0 aliphatic rings. The number of thioether (sulfide) groups is 1. The molecule has 0 aliphatic heterocycles. The Labute approximate surface area is 162 Å². The van der Waals surface area contributed by atoms with Crippen LogP contribution in [0.2, 0.25) is 5.02 Å². The van der Waals surface area contributed by atoms with Crippen molar-refractivity contribution in [1.82, 2.24) is 9.55 Å². The Kier molecular flexibility index (Phi) is 5.67. The number of aromatic nitrogens is 2. The molecule has 142 valence electrons. The maximum absolute atomic E-state index is 13.1. The van der Waals surface area contributed by atoms with Crippen LogP contribution in [0.5, 0.6) is 0 Å². The first-order valence-electron chi connectivity index (χ1n) is 8.05. The van der Waals surface area contributed by atoms with Crippen molar-refractivity contribution in [3.63, 3.8) is 0 Å². The van der Waals surface area contributed by atoms with Crippen molar-refractivity contribution in [2.24, 2.45) is 0 Å². The third-order valence-electron chi connectivity index (χ3n) is 3.85. The molecular formula is C18H15ClF3N3OS. The summed E-state index contributed by atoms with van der Waals surface area (Å²) in [5.41, 5.74) is 0.330. The summed E-state index contributed by atoms with van der Waals surface area (Å²) in [5.74, 6) is -0.681. The highest BCUT2D eigenvalue weighted by atomic mass is 35.5. The Balaban J connectivity index is 1.77. The van der Waals surface area contributed by atoms with Crippen molar-refractivity contribution in [1.29, 1.82) is 0 Å². The lowest BCUT2D eigenvalue weighted by atomic mass is 10.1. The van der Waals surface area contributed by atoms with Crippen molar-refractivity contribution in [3.05, 3.63) is 53.1 Å². The number of anilines is 1. The maximum Gasteiger partial charge on any atom is 0.418 e. The van der Waals surface area contributed by atoms with Crippen LogP contribution in [0.1, 0.15) is 12.5 Å². The molecule has 1 N–H and O–H groups in total. The van der Waals surface area contributed by atoms with Gasteiger partial charge in [0.25, 0.3) is 0 Å². The standard InChI is InChI=1S/C18H15ClF3N3OS/c1-2-25-14-9-4-3-8-13(14)23-17(25)27-10-15(26)24-16-11(18(20,21)22)6-5-7-12(16)19/h3-9H,2,10H2,1H3,(H,24,26). The predicted octanol–water partition coefficient (Wildman–Crippen LogP) is 5.46. The number of fused-ring (bicyclic) bond motifs is 1. The molecule has 0 atom stereocenters. The highest BCUT2D eigenvalue weighted by molar-refractivity contribution is 7.99. The number of aryl methyl sites for hydroxylation is 1. The Morgan fingerprint density at radius 2 is 1.96 bits per heavy atom. The van der Waals surface area contributed by atoms with Crippen LogP contribution in [-0.2, 0) is 17.5 Å². The zero-order valence-electron chi connectivity index (χ0n) is 14.2. The average Bonchev–Trinajstić information content (AvgIpc) is 2.98. The number of hydrogen-bond acceptors (Lipinski definition) is 3. The fourth-order valence-electron chi connectivity index (χ4n) is 2.66. The number of hydrogen-bond donors (Lipinski definition) is 1. The molecule has 0 saturated carbocycles. The smallest absolute Gasteiger partial charge is 0.324 e. The molecule has 27 heavy (non-hydrogen) atoms. The molecule has 1 aromatic heterocycles. The van der Waals surface area contributed by atoms with Gasteiger partial charge in [0.2, 0.25) is 5.91 Å². The quantitative estimate of drug-likeness (QED) is 0.565. The monoisotopic (exact) mass is 413 g/mol. The van der Waals surface area contributed by atoms with E-state index in [0.29, 0.717) is 11.7 Å². The zero-order valence-corrected chi connectivity index (χ0v) is 15.8. The fraction of sp³-hybridized carbons (Fsp3) is 0.222. The fourth-order valence-corrected chi connectivity index (χ4v) is 3.76. The third kappa shape index (κ3) is 4.22. The first-order valence-corrected chi connectivity index (χ1v) is 9.41. The minimum atomic E-state index is -4.61. The van der Waals surface area contributed by atoms with E-state index in [0.717, 1.165) is 28.9 Å². The van der Waals surface area contributed by atoms with E-state index in [1.165, 1.54) is 12.1 Å². The summed E-state index contributed by atoms with van der Waals surface area (Å²) in [6.07, 6.45) is -4.61. The van der Waals surface area contributed by atoms with Crippen molar-refractivity contribution >= 4 is 46.0 Å². The van der Waals surface area contributed by atoms with Crippen molar-refractivity contribution in [3.8, 4) is 0 Å². The number of rotatable bonds is 5. The van der Waals surface area contributed by atoms with Crippen molar-refractivity contribution < 1.29 is 18.0 Å². The molecule has 1 amide bonds. The summed E-state index contributed by atoms with van der Waals surface area (Å²) in [6, 6.07) is 10.9. The SMILES string of the molecule is CCn1c(SCC(=O)Nc2c(Cl)cccc2C(F)(F)F)nc2ccccc21. The number of imidazole rings is 1. The van der Waals surface area contributed by atoms with Gasteiger partial charge in [0.1, 0.15) is 0 Å². The van der Waals surface area contributed by atoms with E-state index in [-0.39, 0.29) is 10.8 Å². The minimum Gasteiger partial charge on any atom is -0.324 e. The number of halogens is 4. The molecule has 0 aliphatic carbocycles. The molecule has 0 radical (unpaired) electrons. The lowest BCUT2D eigenvalue weighted by Gasteiger charge is -2.15. The number of para-hydroxylation sites is 3. The molecule has 2 aromatic carbocycles. The van der Waals surface area contributed by atoms with Gasteiger partial charge in [0.15, 0.2) is 5.16 Å². The van der Waals surface area contributed by atoms with E-state index in [4.69, 9.17) is 11.6 Å². The van der Waals surface area contributed by atoms with Gasteiger partial charge in [0, 0.05) is 6.54 Å². The average molecular weight is 414 g/mol. The molecule has 0 bridgehead atoms. The Morgan fingerprint density at radius 1 is 1.22 bits per heavy atom. The lowest BCUT2D eigenvalue weighted by molar-refractivity contribution is -0.137. The summed E-state index contributed by atoms with van der Waals surface area (Å²) in [5, 5.41) is 2.74. The highest BCUT2D eigenvalue weighted by Gasteiger charge is 2.34. The topological polar surface area (TPSA) is 46.9 Å². The largest absolute Gasteiger partial charge is 0.418 e. The van der Waals surface area contributed by atoms with Gasteiger partial charge in [-0.05, 0) is 31.2 Å².